The van der Waals surface area contributed by atoms with E-state index < -0.39 is 23.5 Å². The van der Waals surface area contributed by atoms with Crippen LogP contribution in [0.3, 0.4) is 0 Å². The monoisotopic (exact) mass is 299 g/mol. The van der Waals surface area contributed by atoms with Crippen molar-refractivity contribution >= 4 is 17.5 Å². The Morgan fingerprint density at radius 3 is 2.68 bits per heavy atom. The smallest absolute Gasteiger partial charge is 0.241 e. The van der Waals surface area contributed by atoms with Gasteiger partial charge in [-0.2, -0.15) is 0 Å². The average molecular weight is 299 g/mol. The average Bonchev–Trinajstić information content (AvgIpc) is 3.14. The van der Waals surface area contributed by atoms with Crippen LogP contribution in [0.5, 0.6) is 0 Å². The number of hydrogen-bond donors (Lipinski definition) is 1. The SMILES string of the molecule is Cc1ccc(N2C(=O)[C@@H]3[C@H]4C=C[C@@](CO)(O4)[C@H]3C2=O)cc1C. The van der Waals surface area contributed by atoms with Crippen LogP contribution in [0.15, 0.2) is 30.4 Å². The molecule has 3 aliphatic heterocycles. The highest BCUT2D eigenvalue weighted by Crippen LogP contribution is 2.52. The second kappa shape index (κ2) is 4.27. The predicted octanol–water partition coefficient (Wildman–Crippen LogP) is 1.11. The maximum atomic E-state index is 12.8. The maximum Gasteiger partial charge on any atom is 0.241 e. The van der Waals surface area contributed by atoms with Gasteiger partial charge < -0.3 is 9.84 Å². The molecule has 1 N–H and O–H groups in total. The van der Waals surface area contributed by atoms with Crippen LogP contribution in [0, 0.1) is 25.7 Å². The zero-order valence-electron chi connectivity index (χ0n) is 12.4. The molecule has 2 fully saturated rings. The van der Waals surface area contributed by atoms with Gasteiger partial charge >= 0.3 is 0 Å². The minimum Gasteiger partial charge on any atom is -0.393 e. The largest absolute Gasteiger partial charge is 0.393 e. The van der Waals surface area contributed by atoms with Crippen LogP contribution in [-0.2, 0) is 14.3 Å². The summed E-state index contributed by atoms with van der Waals surface area (Å²) >= 11 is 0. The Kier molecular flexibility index (Phi) is 2.65. The molecule has 1 aromatic carbocycles. The summed E-state index contributed by atoms with van der Waals surface area (Å²) in [6, 6.07) is 5.56. The second-order valence-electron chi connectivity index (χ2n) is 6.34. The maximum absolute atomic E-state index is 12.8. The zero-order chi connectivity index (χ0) is 15.6. The molecule has 22 heavy (non-hydrogen) atoms. The number of carbonyl (C=O) groups is 2. The lowest BCUT2D eigenvalue weighted by atomic mass is 9.77. The van der Waals surface area contributed by atoms with Crippen molar-refractivity contribution < 1.29 is 19.4 Å². The van der Waals surface area contributed by atoms with Crippen molar-refractivity contribution in [2.24, 2.45) is 11.8 Å². The molecular formula is C17H17NO4. The predicted molar refractivity (Wildman–Crippen MR) is 79.2 cm³/mol. The van der Waals surface area contributed by atoms with E-state index in [0.29, 0.717) is 5.69 Å². The highest BCUT2D eigenvalue weighted by Gasteiger charge is 2.67. The Morgan fingerprint density at radius 1 is 1.23 bits per heavy atom. The van der Waals surface area contributed by atoms with E-state index in [9.17, 15) is 14.7 Å². The number of fused-ring (bicyclic) bond motifs is 5. The van der Waals surface area contributed by atoms with Gasteiger partial charge in [-0.3, -0.25) is 9.59 Å². The molecule has 0 unspecified atom stereocenters. The van der Waals surface area contributed by atoms with Crippen LogP contribution in [0.1, 0.15) is 11.1 Å². The van der Waals surface area contributed by atoms with E-state index in [1.807, 2.05) is 26.0 Å². The molecule has 2 bridgehead atoms. The van der Waals surface area contributed by atoms with Crippen molar-refractivity contribution in [2.45, 2.75) is 25.6 Å². The van der Waals surface area contributed by atoms with Crippen LogP contribution < -0.4 is 4.90 Å². The van der Waals surface area contributed by atoms with Gasteiger partial charge in [-0.05, 0) is 37.1 Å². The molecule has 3 aliphatic rings. The first-order chi connectivity index (χ1) is 10.5. The number of aliphatic hydroxyl groups is 1. The van der Waals surface area contributed by atoms with E-state index in [2.05, 4.69) is 0 Å². The van der Waals surface area contributed by atoms with Gasteiger partial charge in [0.1, 0.15) is 5.60 Å². The number of anilines is 1. The first-order valence-corrected chi connectivity index (χ1v) is 7.41. The van der Waals surface area contributed by atoms with Crippen molar-refractivity contribution in [3.63, 3.8) is 0 Å². The third kappa shape index (κ3) is 1.50. The topological polar surface area (TPSA) is 66.8 Å². The molecule has 2 saturated heterocycles. The summed E-state index contributed by atoms with van der Waals surface area (Å²) in [5, 5.41) is 9.67. The lowest BCUT2D eigenvalue weighted by Crippen LogP contribution is -2.43. The Morgan fingerprint density at radius 2 is 2.00 bits per heavy atom. The summed E-state index contributed by atoms with van der Waals surface area (Å²) in [5.41, 5.74) is 1.71. The van der Waals surface area contributed by atoms with Gasteiger partial charge in [0.05, 0.1) is 30.2 Å². The van der Waals surface area contributed by atoms with E-state index in [4.69, 9.17) is 4.74 Å². The highest BCUT2D eigenvalue weighted by atomic mass is 16.5. The molecular weight excluding hydrogens is 282 g/mol. The summed E-state index contributed by atoms with van der Waals surface area (Å²) in [4.78, 5) is 26.8. The Labute approximate surface area is 128 Å². The number of rotatable bonds is 2. The summed E-state index contributed by atoms with van der Waals surface area (Å²) in [6.45, 7) is 3.65. The number of benzene rings is 1. The molecule has 4 atom stereocenters. The molecule has 2 amide bonds. The fraction of sp³-hybridized carbons (Fsp3) is 0.412. The molecule has 1 aromatic rings. The lowest BCUT2D eigenvalue weighted by molar-refractivity contribution is -0.128. The molecule has 4 rings (SSSR count). The van der Waals surface area contributed by atoms with Crippen LogP contribution in [0.2, 0.25) is 0 Å². The van der Waals surface area contributed by atoms with Crippen molar-refractivity contribution in [1.82, 2.24) is 0 Å². The molecule has 5 nitrogen and oxygen atoms in total. The quantitative estimate of drug-likeness (QED) is 0.656. The highest BCUT2D eigenvalue weighted by molar-refractivity contribution is 6.23. The Bertz CT molecular complexity index is 725. The summed E-state index contributed by atoms with van der Waals surface area (Å²) in [7, 11) is 0. The van der Waals surface area contributed by atoms with E-state index in [1.165, 1.54) is 4.90 Å². The number of amides is 2. The molecule has 114 valence electrons. The van der Waals surface area contributed by atoms with Crippen molar-refractivity contribution in [3.8, 4) is 0 Å². The van der Waals surface area contributed by atoms with E-state index in [-0.39, 0.29) is 18.4 Å². The van der Waals surface area contributed by atoms with Crippen LogP contribution in [0.4, 0.5) is 5.69 Å². The van der Waals surface area contributed by atoms with Gasteiger partial charge in [0.25, 0.3) is 0 Å². The minimum atomic E-state index is -1.03. The second-order valence-corrected chi connectivity index (χ2v) is 6.34. The number of hydrogen-bond acceptors (Lipinski definition) is 4. The van der Waals surface area contributed by atoms with Crippen LogP contribution in [0.25, 0.3) is 0 Å². The Hall–Kier alpha value is -1.98. The van der Waals surface area contributed by atoms with E-state index in [1.54, 1.807) is 18.2 Å². The van der Waals surface area contributed by atoms with E-state index in [0.717, 1.165) is 11.1 Å². The van der Waals surface area contributed by atoms with Gasteiger partial charge in [-0.15, -0.1) is 0 Å². The number of imide groups is 1. The van der Waals surface area contributed by atoms with Crippen LogP contribution >= 0.6 is 0 Å². The summed E-state index contributed by atoms with van der Waals surface area (Å²) in [6.07, 6.45) is 3.10. The first kappa shape index (κ1) is 13.7. The fourth-order valence-electron chi connectivity index (χ4n) is 3.80. The molecule has 0 radical (unpaired) electrons. The van der Waals surface area contributed by atoms with Crippen molar-refractivity contribution in [3.05, 3.63) is 41.5 Å². The standard InChI is InChI=1S/C17H17NO4/c1-9-3-4-11(7-10(9)2)18-15(20)13-12-5-6-17(8-19,22-12)14(13)16(18)21/h3-7,12-14,19H,8H2,1-2H3/t12-,13-,14-,17+/m1/s1. The first-order valence-electron chi connectivity index (χ1n) is 7.41. The number of nitrogens with zero attached hydrogens (tertiary/aromatic N) is 1. The molecule has 5 heteroatoms. The third-order valence-electron chi connectivity index (χ3n) is 5.15. The molecule has 3 heterocycles. The van der Waals surface area contributed by atoms with Crippen molar-refractivity contribution in [2.75, 3.05) is 11.5 Å². The molecule has 0 saturated carbocycles. The molecule has 0 spiro atoms. The summed E-state index contributed by atoms with van der Waals surface area (Å²) in [5.74, 6) is -1.66. The van der Waals surface area contributed by atoms with Gasteiger partial charge in [0.15, 0.2) is 0 Å². The number of ether oxygens (including phenoxy) is 1. The van der Waals surface area contributed by atoms with Gasteiger partial charge in [0, 0.05) is 0 Å². The zero-order valence-corrected chi connectivity index (χ0v) is 12.4. The van der Waals surface area contributed by atoms with Gasteiger partial charge in [-0.1, -0.05) is 18.2 Å². The normalized spacial score (nSPS) is 35.6. The Balaban J connectivity index is 1.77. The van der Waals surface area contributed by atoms with E-state index >= 15 is 0 Å². The van der Waals surface area contributed by atoms with Crippen molar-refractivity contribution in [1.29, 1.82) is 0 Å². The van der Waals surface area contributed by atoms with Gasteiger partial charge in [-0.25, -0.2) is 4.90 Å². The lowest BCUT2D eigenvalue weighted by Gasteiger charge is -2.26. The third-order valence-corrected chi connectivity index (χ3v) is 5.15. The molecule has 0 aromatic heterocycles. The fourth-order valence-corrected chi connectivity index (χ4v) is 3.80. The number of carbonyl (C=O) groups excluding carboxylic acids is 2. The van der Waals surface area contributed by atoms with Gasteiger partial charge in [0.2, 0.25) is 11.8 Å². The minimum absolute atomic E-state index is 0.233. The summed E-state index contributed by atoms with van der Waals surface area (Å²) < 4.78 is 5.71. The number of aliphatic hydroxyl groups excluding tert-OH is 1. The number of aryl methyl sites for hydroxylation is 2. The molecule has 0 aliphatic carbocycles. The van der Waals surface area contributed by atoms with Crippen LogP contribution in [-0.4, -0.2) is 35.2 Å².